The summed E-state index contributed by atoms with van der Waals surface area (Å²) in [5.74, 6) is -0.653. The fourth-order valence-corrected chi connectivity index (χ4v) is 2.19. The highest BCUT2D eigenvalue weighted by molar-refractivity contribution is 5.97. The second-order valence-electron chi connectivity index (χ2n) is 5.33. The molecule has 0 bridgehead atoms. The van der Waals surface area contributed by atoms with Crippen LogP contribution in [0.5, 0.6) is 0 Å². The summed E-state index contributed by atoms with van der Waals surface area (Å²) in [4.78, 5) is 23.0. The maximum Gasteiger partial charge on any atom is 0.293 e. The first-order valence-corrected chi connectivity index (χ1v) is 7.01. The number of nitrogens with zero attached hydrogens (tertiary/aromatic N) is 1. The zero-order valence-corrected chi connectivity index (χ0v) is 12.8. The molecule has 0 aromatic heterocycles. The van der Waals surface area contributed by atoms with Crippen LogP contribution in [0.3, 0.4) is 0 Å². The van der Waals surface area contributed by atoms with Crippen molar-refractivity contribution in [2.24, 2.45) is 0 Å². The monoisotopic (exact) mass is 298 g/mol. The summed E-state index contributed by atoms with van der Waals surface area (Å²) in [6.07, 6.45) is 0. The first-order valence-electron chi connectivity index (χ1n) is 7.01. The van der Waals surface area contributed by atoms with Crippen molar-refractivity contribution < 1.29 is 9.72 Å². The molecular formula is C17H18N2O3. The van der Waals surface area contributed by atoms with Crippen LogP contribution in [0.4, 0.5) is 11.4 Å². The highest BCUT2D eigenvalue weighted by Crippen LogP contribution is 2.29. The lowest BCUT2D eigenvalue weighted by Gasteiger charge is -2.13. The minimum absolute atomic E-state index is 0.0864. The molecule has 2 rings (SSSR count). The van der Waals surface area contributed by atoms with Gasteiger partial charge in [0.05, 0.1) is 10.8 Å². The fraction of sp³-hybridized carbons (Fsp3) is 0.235. The number of amides is 1. The number of nitro benzene ring substituents is 1. The van der Waals surface area contributed by atoms with Gasteiger partial charge < -0.3 is 5.32 Å². The Bertz CT molecular complexity index is 711. The SMILES string of the molecule is Cc1cc(NC(=O)[C@H](C)c2ccccc2)c([N+](=O)[O-])cc1C. The Balaban J connectivity index is 2.28. The van der Waals surface area contributed by atoms with Crippen LogP contribution in [0.25, 0.3) is 0 Å². The van der Waals surface area contributed by atoms with Gasteiger partial charge in [0, 0.05) is 6.07 Å². The minimum Gasteiger partial charge on any atom is -0.320 e. The van der Waals surface area contributed by atoms with E-state index >= 15 is 0 Å². The van der Waals surface area contributed by atoms with Crippen molar-refractivity contribution >= 4 is 17.3 Å². The second-order valence-corrected chi connectivity index (χ2v) is 5.33. The molecule has 0 aliphatic rings. The van der Waals surface area contributed by atoms with Crippen LogP contribution < -0.4 is 5.32 Å². The smallest absolute Gasteiger partial charge is 0.293 e. The van der Waals surface area contributed by atoms with Gasteiger partial charge in [0.15, 0.2) is 0 Å². The van der Waals surface area contributed by atoms with Gasteiger partial charge in [0.25, 0.3) is 5.69 Å². The summed E-state index contributed by atoms with van der Waals surface area (Å²) in [6, 6.07) is 12.4. The number of hydrogen-bond donors (Lipinski definition) is 1. The number of hydrogen-bond acceptors (Lipinski definition) is 3. The van der Waals surface area contributed by atoms with E-state index in [1.165, 1.54) is 6.07 Å². The highest BCUT2D eigenvalue weighted by atomic mass is 16.6. The largest absolute Gasteiger partial charge is 0.320 e. The summed E-state index contributed by atoms with van der Waals surface area (Å²) in [7, 11) is 0. The van der Waals surface area contributed by atoms with E-state index in [0.29, 0.717) is 0 Å². The number of carbonyl (C=O) groups excluding carboxylic acids is 1. The standard InChI is InChI=1S/C17H18N2O3/c1-11-9-15(16(19(21)22)10-12(11)2)18-17(20)13(3)14-7-5-4-6-8-14/h4-10,13H,1-3H3,(H,18,20)/t13-/m1/s1. The Morgan fingerprint density at radius 1 is 1.14 bits per heavy atom. The van der Waals surface area contributed by atoms with E-state index in [0.717, 1.165) is 16.7 Å². The van der Waals surface area contributed by atoms with Crippen molar-refractivity contribution in [1.82, 2.24) is 0 Å². The van der Waals surface area contributed by atoms with Crippen LogP contribution >= 0.6 is 0 Å². The number of benzene rings is 2. The molecule has 0 heterocycles. The quantitative estimate of drug-likeness (QED) is 0.686. The molecule has 0 saturated heterocycles. The van der Waals surface area contributed by atoms with Crippen LogP contribution in [0.2, 0.25) is 0 Å². The average molecular weight is 298 g/mol. The topological polar surface area (TPSA) is 72.2 Å². The van der Waals surface area contributed by atoms with Gasteiger partial charge in [-0.25, -0.2) is 0 Å². The van der Waals surface area contributed by atoms with Crippen molar-refractivity contribution in [2.75, 3.05) is 5.32 Å². The molecule has 0 aliphatic carbocycles. The van der Waals surface area contributed by atoms with Gasteiger partial charge in [0.2, 0.25) is 5.91 Å². The van der Waals surface area contributed by atoms with Crippen LogP contribution in [0.1, 0.15) is 29.5 Å². The molecule has 0 spiro atoms. The molecule has 5 nitrogen and oxygen atoms in total. The van der Waals surface area contributed by atoms with Gasteiger partial charge >= 0.3 is 0 Å². The fourth-order valence-electron chi connectivity index (χ4n) is 2.19. The van der Waals surface area contributed by atoms with E-state index in [2.05, 4.69) is 5.32 Å². The van der Waals surface area contributed by atoms with Crippen LogP contribution in [0.15, 0.2) is 42.5 Å². The highest BCUT2D eigenvalue weighted by Gasteiger charge is 2.21. The molecule has 5 heteroatoms. The van der Waals surface area contributed by atoms with Gasteiger partial charge in [0.1, 0.15) is 5.69 Å². The van der Waals surface area contributed by atoms with Crippen molar-refractivity contribution in [3.8, 4) is 0 Å². The van der Waals surface area contributed by atoms with E-state index in [1.807, 2.05) is 37.3 Å². The molecule has 1 atom stereocenters. The van der Waals surface area contributed by atoms with Gasteiger partial charge in [-0.15, -0.1) is 0 Å². The number of nitrogens with one attached hydrogen (secondary N) is 1. The summed E-state index contributed by atoms with van der Waals surface area (Å²) < 4.78 is 0. The van der Waals surface area contributed by atoms with E-state index in [-0.39, 0.29) is 23.2 Å². The zero-order chi connectivity index (χ0) is 16.3. The predicted octanol–water partition coefficient (Wildman–Crippen LogP) is 3.95. The third kappa shape index (κ3) is 3.31. The third-order valence-corrected chi connectivity index (χ3v) is 3.76. The Labute approximate surface area is 129 Å². The van der Waals surface area contributed by atoms with E-state index in [1.54, 1.807) is 19.9 Å². The Morgan fingerprint density at radius 3 is 2.32 bits per heavy atom. The Morgan fingerprint density at radius 2 is 1.73 bits per heavy atom. The van der Waals surface area contributed by atoms with Gasteiger partial charge in [-0.3, -0.25) is 14.9 Å². The molecule has 1 amide bonds. The first kappa shape index (κ1) is 15.7. The van der Waals surface area contributed by atoms with E-state index < -0.39 is 4.92 Å². The van der Waals surface area contributed by atoms with Gasteiger partial charge in [-0.2, -0.15) is 0 Å². The second kappa shape index (κ2) is 6.39. The number of anilines is 1. The van der Waals surface area contributed by atoms with E-state index in [4.69, 9.17) is 0 Å². The number of rotatable bonds is 4. The van der Waals surface area contributed by atoms with E-state index in [9.17, 15) is 14.9 Å². The summed E-state index contributed by atoms with van der Waals surface area (Å²) in [6.45, 7) is 5.44. The van der Waals surface area contributed by atoms with Crippen molar-refractivity contribution in [3.63, 3.8) is 0 Å². The summed E-state index contributed by atoms with van der Waals surface area (Å²) in [5.41, 5.74) is 2.73. The van der Waals surface area contributed by atoms with Gasteiger partial charge in [-0.1, -0.05) is 30.3 Å². The van der Waals surface area contributed by atoms with Crippen molar-refractivity contribution in [2.45, 2.75) is 26.7 Å². The number of nitro groups is 1. The molecule has 0 saturated carbocycles. The van der Waals surface area contributed by atoms with Crippen LogP contribution in [-0.2, 0) is 4.79 Å². The maximum absolute atomic E-state index is 12.4. The third-order valence-electron chi connectivity index (χ3n) is 3.76. The lowest BCUT2D eigenvalue weighted by Crippen LogP contribution is -2.19. The normalized spacial score (nSPS) is 11.8. The minimum atomic E-state index is -0.477. The first-order chi connectivity index (χ1) is 10.4. The lowest BCUT2D eigenvalue weighted by molar-refractivity contribution is -0.384. The molecule has 0 radical (unpaired) electrons. The molecule has 1 N–H and O–H groups in total. The molecule has 2 aromatic rings. The lowest BCUT2D eigenvalue weighted by atomic mass is 10.00. The molecule has 114 valence electrons. The maximum atomic E-state index is 12.4. The Kier molecular flexibility index (Phi) is 4.56. The predicted molar refractivity (Wildman–Crippen MR) is 86.1 cm³/mol. The van der Waals surface area contributed by atoms with Crippen molar-refractivity contribution in [3.05, 3.63) is 69.3 Å². The van der Waals surface area contributed by atoms with Crippen LogP contribution in [0, 0.1) is 24.0 Å². The average Bonchev–Trinajstić information content (AvgIpc) is 2.50. The Hall–Kier alpha value is -2.69. The number of aryl methyl sites for hydroxylation is 2. The zero-order valence-electron chi connectivity index (χ0n) is 12.8. The van der Waals surface area contributed by atoms with Crippen LogP contribution in [-0.4, -0.2) is 10.8 Å². The number of carbonyl (C=O) groups is 1. The van der Waals surface area contributed by atoms with Gasteiger partial charge in [-0.05, 0) is 43.5 Å². The molecule has 0 unspecified atom stereocenters. The molecular weight excluding hydrogens is 280 g/mol. The molecule has 22 heavy (non-hydrogen) atoms. The molecule has 2 aromatic carbocycles. The summed E-state index contributed by atoms with van der Waals surface area (Å²) in [5, 5.41) is 13.8. The van der Waals surface area contributed by atoms with Crippen molar-refractivity contribution in [1.29, 1.82) is 0 Å². The molecule has 0 aliphatic heterocycles. The molecule has 0 fully saturated rings. The summed E-state index contributed by atoms with van der Waals surface area (Å²) >= 11 is 0.